The van der Waals surface area contributed by atoms with Gasteiger partial charge in [0.1, 0.15) is 23.9 Å². The van der Waals surface area contributed by atoms with E-state index in [1.54, 1.807) is 24.4 Å². The minimum atomic E-state index is -0.679. The molecule has 0 aliphatic carbocycles. The second kappa shape index (κ2) is 9.06. The summed E-state index contributed by atoms with van der Waals surface area (Å²) >= 11 is 0. The van der Waals surface area contributed by atoms with Crippen LogP contribution in [0, 0.1) is 31.4 Å². The Kier molecular flexibility index (Phi) is 6.10. The van der Waals surface area contributed by atoms with Gasteiger partial charge in [0.2, 0.25) is 5.65 Å². The van der Waals surface area contributed by atoms with Crippen LogP contribution < -0.4 is 4.74 Å². The molecule has 2 fully saturated rings. The highest BCUT2D eigenvalue weighted by atomic mass is 19.1. The summed E-state index contributed by atoms with van der Waals surface area (Å²) in [6, 6.07) is 4.83. The van der Waals surface area contributed by atoms with Crippen LogP contribution >= 0.6 is 0 Å². The van der Waals surface area contributed by atoms with Crippen molar-refractivity contribution in [2.75, 3.05) is 7.05 Å². The number of hydrogen-bond acceptors (Lipinski definition) is 5. The van der Waals surface area contributed by atoms with E-state index in [0.717, 1.165) is 12.8 Å². The quantitative estimate of drug-likeness (QED) is 0.475. The lowest BCUT2D eigenvalue weighted by Gasteiger charge is -2.47. The summed E-state index contributed by atoms with van der Waals surface area (Å²) < 4.78 is 35.5. The molecule has 4 heterocycles. The fraction of sp³-hybridized carbons (Fsp3) is 0.500. The number of carbonyl (C=O) groups excluding carboxylic acids is 1. The van der Waals surface area contributed by atoms with Crippen molar-refractivity contribution < 1.29 is 18.3 Å². The first-order valence-corrected chi connectivity index (χ1v) is 12.0. The van der Waals surface area contributed by atoms with Crippen LogP contribution in [-0.4, -0.2) is 44.2 Å². The first kappa shape index (κ1) is 22.9. The zero-order valence-corrected chi connectivity index (χ0v) is 19.9. The Morgan fingerprint density at radius 3 is 2.47 bits per heavy atom. The third-order valence-electron chi connectivity index (χ3n) is 7.46. The molecule has 0 saturated carbocycles. The summed E-state index contributed by atoms with van der Waals surface area (Å²) in [5, 5.41) is 0. The number of aryl methyl sites for hydroxylation is 2. The van der Waals surface area contributed by atoms with Crippen molar-refractivity contribution >= 4 is 11.4 Å². The van der Waals surface area contributed by atoms with E-state index in [2.05, 4.69) is 21.9 Å². The van der Waals surface area contributed by atoms with Crippen LogP contribution in [0.3, 0.4) is 0 Å². The van der Waals surface area contributed by atoms with Gasteiger partial charge in [-0.2, -0.15) is 0 Å². The smallest absolute Gasteiger partial charge is 0.258 e. The molecule has 0 spiro atoms. The number of hydrogen-bond donors (Lipinski definition) is 0. The summed E-state index contributed by atoms with van der Waals surface area (Å²) in [6.45, 7) is 3.27. The molecule has 6 nitrogen and oxygen atoms in total. The van der Waals surface area contributed by atoms with Gasteiger partial charge in [-0.1, -0.05) is 12.5 Å². The van der Waals surface area contributed by atoms with Gasteiger partial charge >= 0.3 is 0 Å². The highest BCUT2D eigenvalue weighted by Crippen LogP contribution is 2.38. The first-order valence-electron chi connectivity index (χ1n) is 12.0. The molecule has 0 radical (unpaired) electrons. The lowest BCUT2D eigenvalue weighted by Crippen LogP contribution is -2.49. The molecule has 2 atom stereocenters. The maximum absolute atomic E-state index is 14.0. The van der Waals surface area contributed by atoms with Crippen LogP contribution in [0.5, 0.6) is 5.88 Å². The van der Waals surface area contributed by atoms with E-state index in [9.17, 15) is 13.6 Å². The number of fused-ring (bicyclic) bond motifs is 3. The number of imidazole rings is 1. The van der Waals surface area contributed by atoms with Crippen molar-refractivity contribution in [1.29, 1.82) is 0 Å². The molecular formula is C26H30F2N4O2. The Labute approximate surface area is 198 Å². The van der Waals surface area contributed by atoms with E-state index in [-0.39, 0.29) is 23.8 Å². The third kappa shape index (κ3) is 4.19. The fourth-order valence-corrected chi connectivity index (χ4v) is 5.75. The summed E-state index contributed by atoms with van der Waals surface area (Å²) in [6.07, 6.45) is 8.06. The number of benzene rings is 1. The predicted octanol–water partition coefficient (Wildman–Crippen LogP) is 5.04. The SMILES string of the molecule is Cc1cn2c(C(=O)CC3CC4CCCC(C3)N4C)c(C)nc2c(OCc2c(F)cccc2F)n1. The monoisotopic (exact) mass is 468 g/mol. The minimum Gasteiger partial charge on any atom is -0.470 e. The standard InChI is InChI=1S/C26H30F2N4O2/c1-15-13-32-24(23(33)12-17-10-18-6-4-7-19(11-17)31(18)3)16(2)30-25(32)26(29-15)34-14-20-21(27)8-5-9-22(20)28/h5,8-9,13,17-19H,4,6-7,10-12,14H2,1-3H3. The highest BCUT2D eigenvalue weighted by Gasteiger charge is 2.37. The molecule has 5 rings (SSSR count). The molecule has 2 bridgehead atoms. The summed E-state index contributed by atoms with van der Waals surface area (Å²) in [4.78, 5) is 24.9. The second-order valence-electron chi connectivity index (χ2n) is 9.78. The number of aromatic nitrogens is 3. The number of ether oxygens (including phenoxy) is 1. The Bertz CT molecular complexity index is 1210. The number of piperidine rings is 2. The molecule has 2 aromatic heterocycles. The van der Waals surface area contributed by atoms with Crippen molar-refractivity contribution in [2.24, 2.45) is 5.92 Å². The molecule has 0 amide bonds. The second-order valence-corrected chi connectivity index (χ2v) is 9.78. The topological polar surface area (TPSA) is 59.7 Å². The van der Waals surface area contributed by atoms with Gasteiger partial charge in [0, 0.05) is 24.7 Å². The van der Waals surface area contributed by atoms with Gasteiger partial charge in [0.05, 0.1) is 17.0 Å². The van der Waals surface area contributed by atoms with Crippen LogP contribution in [0.1, 0.15) is 66.0 Å². The zero-order chi connectivity index (χ0) is 24.0. The van der Waals surface area contributed by atoms with Crippen molar-refractivity contribution in [3.8, 4) is 5.88 Å². The Balaban J connectivity index is 1.40. The van der Waals surface area contributed by atoms with Crippen LogP contribution in [0.25, 0.3) is 5.65 Å². The number of ketones is 1. The highest BCUT2D eigenvalue weighted by molar-refractivity contribution is 5.96. The van der Waals surface area contributed by atoms with Gasteiger partial charge in [0.15, 0.2) is 5.78 Å². The number of nitrogens with zero attached hydrogens (tertiary/aromatic N) is 4. The van der Waals surface area contributed by atoms with Crippen molar-refractivity contribution in [3.63, 3.8) is 0 Å². The van der Waals surface area contributed by atoms with Gasteiger partial charge in [-0.15, -0.1) is 0 Å². The molecule has 2 aliphatic rings. The molecule has 180 valence electrons. The number of Topliss-reactive ketones (excluding diaryl/α,β-unsaturated/α-hetero) is 1. The van der Waals surface area contributed by atoms with E-state index in [0.29, 0.717) is 47.2 Å². The largest absolute Gasteiger partial charge is 0.470 e. The normalized spacial score (nSPS) is 22.8. The molecular weight excluding hydrogens is 438 g/mol. The molecule has 34 heavy (non-hydrogen) atoms. The molecule has 1 aromatic carbocycles. The fourth-order valence-electron chi connectivity index (χ4n) is 5.75. The van der Waals surface area contributed by atoms with E-state index in [1.807, 2.05) is 0 Å². The average Bonchev–Trinajstić information content (AvgIpc) is 3.09. The summed E-state index contributed by atoms with van der Waals surface area (Å²) in [5.74, 6) is -0.775. The van der Waals surface area contributed by atoms with Gasteiger partial charge in [-0.05, 0) is 64.6 Å². The lowest BCUT2D eigenvalue weighted by molar-refractivity contribution is 0.0336. The molecule has 0 N–H and O–H groups in total. The van der Waals surface area contributed by atoms with Crippen LogP contribution in [0.15, 0.2) is 24.4 Å². The van der Waals surface area contributed by atoms with Crippen LogP contribution in [0.2, 0.25) is 0 Å². The Morgan fingerprint density at radius 1 is 1.12 bits per heavy atom. The lowest BCUT2D eigenvalue weighted by atomic mass is 9.77. The van der Waals surface area contributed by atoms with Gasteiger partial charge in [0.25, 0.3) is 5.88 Å². The van der Waals surface area contributed by atoms with Crippen molar-refractivity contribution in [2.45, 2.75) is 71.1 Å². The van der Waals surface area contributed by atoms with Gasteiger partial charge in [-0.25, -0.2) is 18.7 Å². The van der Waals surface area contributed by atoms with E-state index in [4.69, 9.17) is 4.74 Å². The Hall–Kier alpha value is -2.87. The summed E-state index contributed by atoms with van der Waals surface area (Å²) in [7, 11) is 2.21. The van der Waals surface area contributed by atoms with E-state index < -0.39 is 11.6 Å². The van der Waals surface area contributed by atoms with Crippen molar-refractivity contribution in [3.05, 3.63) is 58.7 Å². The first-order chi connectivity index (χ1) is 16.3. The van der Waals surface area contributed by atoms with Crippen LogP contribution in [-0.2, 0) is 6.61 Å². The molecule has 2 unspecified atom stereocenters. The average molecular weight is 469 g/mol. The van der Waals surface area contributed by atoms with Gasteiger partial charge < -0.3 is 9.64 Å². The number of halogens is 2. The molecule has 8 heteroatoms. The maximum atomic E-state index is 14.0. The maximum Gasteiger partial charge on any atom is 0.258 e. The Morgan fingerprint density at radius 2 is 1.79 bits per heavy atom. The van der Waals surface area contributed by atoms with Gasteiger partial charge in [-0.3, -0.25) is 9.20 Å². The number of carbonyl (C=O) groups is 1. The van der Waals surface area contributed by atoms with E-state index in [1.165, 1.54) is 37.5 Å². The van der Waals surface area contributed by atoms with E-state index >= 15 is 0 Å². The third-order valence-corrected chi connectivity index (χ3v) is 7.46. The predicted molar refractivity (Wildman–Crippen MR) is 124 cm³/mol. The van der Waals surface area contributed by atoms with Crippen LogP contribution in [0.4, 0.5) is 8.78 Å². The minimum absolute atomic E-state index is 0.0642. The van der Waals surface area contributed by atoms with Crippen molar-refractivity contribution in [1.82, 2.24) is 19.3 Å². The molecule has 3 aromatic rings. The summed E-state index contributed by atoms with van der Waals surface area (Å²) in [5.41, 5.74) is 1.97. The molecule has 2 saturated heterocycles. The molecule has 2 aliphatic heterocycles. The number of rotatable bonds is 6. The zero-order valence-electron chi connectivity index (χ0n) is 19.9.